The number of thiophene rings is 1. The fourth-order valence-electron chi connectivity index (χ4n) is 2.52. The molecule has 4 aromatic rings. The van der Waals surface area contributed by atoms with E-state index < -0.39 is 0 Å². The average Bonchev–Trinajstić information content (AvgIpc) is 3.22. The van der Waals surface area contributed by atoms with Crippen LogP contribution < -0.4 is 5.32 Å². The Morgan fingerprint density at radius 2 is 1.92 bits per heavy atom. The summed E-state index contributed by atoms with van der Waals surface area (Å²) in [5.41, 5.74) is 2.13. The van der Waals surface area contributed by atoms with Crippen LogP contribution in [0.15, 0.2) is 54.6 Å². The highest BCUT2D eigenvalue weighted by molar-refractivity contribution is 7.21. The summed E-state index contributed by atoms with van der Waals surface area (Å²) in [5, 5.41) is 13.8. The van der Waals surface area contributed by atoms with Gasteiger partial charge in [-0.1, -0.05) is 12.1 Å². The summed E-state index contributed by atoms with van der Waals surface area (Å²) < 4.78 is 1.06. The van der Waals surface area contributed by atoms with Crippen molar-refractivity contribution in [3.05, 3.63) is 64.4 Å². The average molecular weight is 366 g/mol. The van der Waals surface area contributed by atoms with Crippen LogP contribution in [0.3, 0.4) is 0 Å². The quantitative estimate of drug-likeness (QED) is 0.484. The number of benzene rings is 2. The fraction of sp³-hybridized carbons (Fsp3) is 0.0526. The molecule has 0 unspecified atom stereocenters. The summed E-state index contributed by atoms with van der Waals surface area (Å²) in [6.07, 6.45) is 0. The van der Waals surface area contributed by atoms with Crippen molar-refractivity contribution in [1.29, 1.82) is 0 Å². The number of carbonyl (C=O) groups is 1. The fourth-order valence-corrected chi connectivity index (χ4v) is 4.28. The summed E-state index contributed by atoms with van der Waals surface area (Å²) in [4.78, 5) is 18.6. The number of phenols is 1. The molecule has 0 radical (unpaired) electrons. The molecule has 0 saturated heterocycles. The smallest absolute Gasteiger partial charge is 0.265 e. The van der Waals surface area contributed by atoms with Gasteiger partial charge in [0.25, 0.3) is 5.91 Å². The van der Waals surface area contributed by atoms with Crippen molar-refractivity contribution in [2.45, 2.75) is 6.92 Å². The molecule has 0 saturated carbocycles. The highest BCUT2D eigenvalue weighted by Gasteiger charge is 2.13. The highest BCUT2D eigenvalue weighted by Crippen LogP contribution is 2.36. The van der Waals surface area contributed by atoms with E-state index in [1.54, 1.807) is 18.2 Å². The minimum atomic E-state index is -0.154. The third-order valence-electron chi connectivity index (χ3n) is 3.74. The third kappa shape index (κ3) is 3.14. The number of phenolic OH excluding ortho intramolecular Hbond substituents is 1. The van der Waals surface area contributed by atoms with Gasteiger partial charge in [-0.25, -0.2) is 4.98 Å². The number of fused-ring (bicyclic) bond motifs is 1. The van der Waals surface area contributed by atoms with Gasteiger partial charge in [0.1, 0.15) is 10.8 Å². The van der Waals surface area contributed by atoms with Gasteiger partial charge >= 0.3 is 0 Å². The maximum absolute atomic E-state index is 12.3. The Morgan fingerprint density at radius 3 is 2.68 bits per heavy atom. The molecule has 0 bridgehead atoms. The number of hydrogen-bond acceptors (Lipinski definition) is 5. The Kier molecular flexibility index (Phi) is 3.99. The Hall–Kier alpha value is -2.70. The van der Waals surface area contributed by atoms with Gasteiger partial charge in [-0.3, -0.25) is 4.79 Å². The van der Waals surface area contributed by atoms with E-state index in [-0.39, 0.29) is 11.7 Å². The van der Waals surface area contributed by atoms with Crippen LogP contribution >= 0.6 is 22.7 Å². The Labute approximate surface area is 152 Å². The first-order chi connectivity index (χ1) is 12.1. The van der Waals surface area contributed by atoms with E-state index >= 15 is 0 Å². The Bertz CT molecular complexity index is 1050. The molecule has 0 aliphatic carbocycles. The second-order valence-corrected chi connectivity index (χ2v) is 7.90. The number of aromatic hydroxyl groups is 1. The molecule has 6 heteroatoms. The second-order valence-electron chi connectivity index (χ2n) is 5.58. The van der Waals surface area contributed by atoms with Crippen molar-refractivity contribution in [2.75, 3.05) is 5.32 Å². The molecule has 0 aliphatic heterocycles. The molecule has 0 spiro atoms. The molecule has 1 amide bonds. The zero-order chi connectivity index (χ0) is 17.4. The Balaban J connectivity index is 1.67. The minimum absolute atomic E-state index is 0.143. The van der Waals surface area contributed by atoms with Crippen LogP contribution in [-0.2, 0) is 0 Å². The molecule has 25 heavy (non-hydrogen) atoms. The van der Waals surface area contributed by atoms with Crippen molar-refractivity contribution in [1.82, 2.24) is 4.98 Å². The third-order valence-corrected chi connectivity index (χ3v) is 5.81. The zero-order valence-electron chi connectivity index (χ0n) is 13.3. The summed E-state index contributed by atoms with van der Waals surface area (Å²) in [5.74, 6) is -0.0111. The van der Waals surface area contributed by atoms with Crippen molar-refractivity contribution in [2.24, 2.45) is 0 Å². The summed E-state index contributed by atoms with van der Waals surface area (Å²) in [7, 11) is 0. The van der Waals surface area contributed by atoms with Crippen LogP contribution in [0.25, 0.3) is 20.8 Å². The lowest BCUT2D eigenvalue weighted by atomic mass is 10.2. The molecule has 124 valence electrons. The van der Waals surface area contributed by atoms with Crippen LogP contribution in [0.4, 0.5) is 5.69 Å². The minimum Gasteiger partial charge on any atom is -0.507 e. The van der Waals surface area contributed by atoms with E-state index in [0.29, 0.717) is 16.1 Å². The molecule has 2 aromatic heterocycles. The first-order valence-corrected chi connectivity index (χ1v) is 9.30. The van der Waals surface area contributed by atoms with Gasteiger partial charge in [-0.15, -0.1) is 22.7 Å². The largest absolute Gasteiger partial charge is 0.507 e. The van der Waals surface area contributed by atoms with Gasteiger partial charge in [0.05, 0.1) is 20.7 Å². The van der Waals surface area contributed by atoms with Gasteiger partial charge in [0.15, 0.2) is 0 Å². The highest BCUT2D eigenvalue weighted by atomic mass is 32.1. The standard InChI is InChI=1S/C19H14N2O2S2/c1-11-6-9-17(24-11)18(23)20-12-7-8-15(22)13(10-12)19-21-14-4-2-3-5-16(14)25-19/h2-10,22H,1H3,(H,20,23). The number of nitrogens with one attached hydrogen (secondary N) is 1. The number of hydrogen-bond donors (Lipinski definition) is 2. The summed E-state index contributed by atoms with van der Waals surface area (Å²) >= 11 is 2.96. The molecule has 4 rings (SSSR count). The van der Waals surface area contributed by atoms with Crippen molar-refractivity contribution in [3.8, 4) is 16.3 Å². The van der Waals surface area contributed by atoms with Crippen LogP contribution in [0.1, 0.15) is 14.5 Å². The summed E-state index contributed by atoms with van der Waals surface area (Å²) in [6.45, 7) is 1.97. The topological polar surface area (TPSA) is 62.2 Å². The van der Waals surface area contributed by atoms with Crippen molar-refractivity contribution in [3.63, 3.8) is 0 Å². The van der Waals surface area contributed by atoms with E-state index in [2.05, 4.69) is 10.3 Å². The monoisotopic (exact) mass is 366 g/mol. The van der Waals surface area contributed by atoms with Gasteiger partial charge in [-0.05, 0) is 49.4 Å². The lowest BCUT2D eigenvalue weighted by molar-refractivity contribution is 0.103. The normalized spacial score (nSPS) is 10.9. The van der Waals surface area contributed by atoms with Gasteiger partial charge in [0, 0.05) is 10.6 Å². The second kappa shape index (κ2) is 6.31. The van der Waals surface area contributed by atoms with Gasteiger partial charge in [0.2, 0.25) is 0 Å². The van der Waals surface area contributed by atoms with E-state index in [1.165, 1.54) is 22.7 Å². The number of aryl methyl sites for hydroxylation is 1. The van der Waals surface area contributed by atoms with Crippen LogP contribution in [-0.4, -0.2) is 16.0 Å². The van der Waals surface area contributed by atoms with E-state index in [1.807, 2.05) is 43.3 Å². The predicted molar refractivity (Wildman–Crippen MR) is 104 cm³/mol. The van der Waals surface area contributed by atoms with E-state index in [4.69, 9.17) is 0 Å². The molecule has 0 atom stereocenters. The Morgan fingerprint density at radius 1 is 1.08 bits per heavy atom. The number of rotatable bonds is 3. The number of carbonyl (C=O) groups excluding carboxylic acids is 1. The molecule has 2 aromatic carbocycles. The van der Waals surface area contributed by atoms with E-state index in [9.17, 15) is 9.90 Å². The lowest BCUT2D eigenvalue weighted by Gasteiger charge is -2.07. The first-order valence-electron chi connectivity index (χ1n) is 7.67. The number of amides is 1. The first kappa shape index (κ1) is 15.8. The molecule has 4 nitrogen and oxygen atoms in total. The van der Waals surface area contributed by atoms with Gasteiger partial charge in [-0.2, -0.15) is 0 Å². The number of anilines is 1. The SMILES string of the molecule is Cc1ccc(C(=O)Nc2ccc(O)c(-c3nc4ccccc4s3)c2)s1. The number of aromatic nitrogens is 1. The van der Waals surface area contributed by atoms with Crippen LogP contribution in [0, 0.1) is 6.92 Å². The molecular formula is C19H14N2O2S2. The maximum atomic E-state index is 12.3. The number of nitrogens with zero attached hydrogens (tertiary/aromatic N) is 1. The lowest BCUT2D eigenvalue weighted by Crippen LogP contribution is -2.09. The molecule has 2 heterocycles. The van der Waals surface area contributed by atoms with Gasteiger partial charge < -0.3 is 10.4 Å². The summed E-state index contributed by atoms with van der Waals surface area (Å²) in [6, 6.07) is 16.6. The van der Waals surface area contributed by atoms with Crippen LogP contribution in [0.2, 0.25) is 0 Å². The number of para-hydroxylation sites is 1. The maximum Gasteiger partial charge on any atom is 0.265 e. The molecule has 0 aliphatic rings. The van der Waals surface area contributed by atoms with Crippen LogP contribution in [0.5, 0.6) is 5.75 Å². The van der Waals surface area contributed by atoms with Crippen molar-refractivity contribution < 1.29 is 9.90 Å². The molecule has 0 fully saturated rings. The molecule has 2 N–H and O–H groups in total. The zero-order valence-corrected chi connectivity index (χ0v) is 14.9. The molecular weight excluding hydrogens is 352 g/mol. The number of thiazole rings is 1. The van der Waals surface area contributed by atoms with E-state index in [0.717, 1.165) is 20.1 Å². The van der Waals surface area contributed by atoms with Crippen molar-refractivity contribution >= 4 is 44.5 Å². The predicted octanol–water partition coefficient (Wildman–Crippen LogP) is 5.29.